The monoisotopic (exact) mass is 253 g/mol. The van der Waals surface area contributed by atoms with E-state index in [9.17, 15) is 10.1 Å². The smallest absolute Gasteiger partial charge is 0.270 e. The fraction of sp³-hybridized carbons (Fsp3) is 0.182. The van der Waals surface area contributed by atoms with Crippen molar-refractivity contribution in [1.29, 1.82) is 5.41 Å². The molecule has 1 rings (SSSR count). The lowest BCUT2D eigenvalue weighted by molar-refractivity contribution is -0.384. The maximum absolute atomic E-state index is 10.6. The summed E-state index contributed by atoms with van der Waals surface area (Å²) in [5, 5.41) is 20.8. The van der Waals surface area contributed by atoms with Crippen LogP contribution in [-0.2, 0) is 0 Å². The molecule has 0 unspecified atom stereocenters. The summed E-state index contributed by atoms with van der Waals surface area (Å²) in [5.74, 6) is 0. The molecule has 0 heterocycles. The van der Waals surface area contributed by atoms with Crippen molar-refractivity contribution >= 4 is 28.1 Å². The summed E-state index contributed by atoms with van der Waals surface area (Å²) in [6.45, 7) is 6.11. The lowest BCUT2D eigenvalue weighted by Crippen LogP contribution is -2.06. The van der Waals surface area contributed by atoms with Crippen LogP contribution in [0.25, 0.3) is 0 Å². The second kappa shape index (κ2) is 5.45. The zero-order valence-corrected chi connectivity index (χ0v) is 10.0. The number of hydrogen-bond donors (Lipinski definition) is 2. The Labute approximate surface area is 104 Å². The second-order valence-corrected chi connectivity index (χ2v) is 3.99. The highest BCUT2D eigenvalue weighted by atomic mass is 35.5. The Morgan fingerprint density at radius 3 is 2.76 bits per heavy atom. The standard InChI is InChI=1S/C11H12ClN3O2/c1-7(2)6-14-10-4-3-8(15(16)17)5-9(10)11(12)13/h3-5,13-14H,1,6H2,2H3. The Bertz CT molecular complexity index is 486. The first-order chi connectivity index (χ1) is 7.91. The van der Waals surface area contributed by atoms with Crippen molar-refractivity contribution in [2.75, 3.05) is 11.9 Å². The fourth-order valence-electron chi connectivity index (χ4n) is 1.23. The maximum Gasteiger partial charge on any atom is 0.270 e. The molecule has 90 valence electrons. The zero-order chi connectivity index (χ0) is 13.0. The Morgan fingerprint density at radius 2 is 2.29 bits per heavy atom. The molecule has 0 saturated carbocycles. The van der Waals surface area contributed by atoms with E-state index in [2.05, 4.69) is 11.9 Å². The van der Waals surface area contributed by atoms with Crippen LogP contribution in [0.4, 0.5) is 11.4 Å². The number of nitro benzene ring substituents is 1. The van der Waals surface area contributed by atoms with Gasteiger partial charge >= 0.3 is 0 Å². The number of halogens is 1. The van der Waals surface area contributed by atoms with Gasteiger partial charge in [0.1, 0.15) is 5.17 Å². The zero-order valence-electron chi connectivity index (χ0n) is 9.29. The van der Waals surface area contributed by atoms with E-state index >= 15 is 0 Å². The number of benzene rings is 1. The van der Waals surface area contributed by atoms with E-state index in [0.717, 1.165) is 5.57 Å². The molecule has 6 heteroatoms. The molecule has 0 aliphatic heterocycles. The molecule has 0 aliphatic rings. The molecule has 0 aromatic heterocycles. The topological polar surface area (TPSA) is 79.0 Å². The molecule has 0 atom stereocenters. The summed E-state index contributed by atoms with van der Waals surface area (Å²) in [4.78, 5) is 10.1. The summed E-state index contributed by atoms with van der Waals surface area (Å²) in [5.41, 5.74) is 1.71. The van der Waals surface area contributed by atoms with Gasteiger partial charge in [0.05, 0.1) is 4.92 Å². The number of nitrogens with zero attached hydrogens (tertiary/aromatic N) is 1. The van der Waals surface area contributed by atoms with Crippen molar-refractivity contribution in [3.8, 4) is 0 Å². The van der Waals surface area contributed by atoms with Gasteiger partial charge in [0.2, 0.25) is 0 Å². The van der Waals surface area contributed by atoms with Gasteiger partial charge in [-0.1, -0.05) is 23.8 Å². The Balaban J connectivity index is 3.08. The third kappa shape index (κ3) is 3.57. The highest BCUT2D eigenvalue weighted by Gasteiger charge is 2.12. The Hall–Kier alpha value is -1.88. The number of hydrogen-bond acceptors (Lipinski definition) is 4. The van der Waals surface area contributed by atoms with Crippen molar-refractivity contribution in [3.05, 3.63) is 46.0 Å². The quantitative estimate of drug-likeness (QED) is 0.366. The molecule has 0 amide bonds. The van der Waals surface area contributed by atoms with E-state index < -0.39 is 4.92 Å². The summed E-state index contributed by atoms with van der Waals surface area (Å²) in [6.07, 6.45) is 0. The van der Waals surface area contributed by atoms with Gasteiger partial charge in [0.15, 0.2) is 0 Å². The van der Waals surface area contributed by atoms with Gasteiger partial charge in [-0.2, -0.15) is 0 Å². The summed E-state index contributed by atoms with van der Waals surface area (Å²) in [7, 11) is 0. The molecule has 0 aliphatic carbocycles. The molecular formula is C11H12ClN3O2. The van der Waals surface area contributed by atoms with Gasteiger partial charge in [0.25, 0.3) is 5.69 Å². The SMILES string of the molecule is C=C(C)CNc1ccc([N+](=O)[O-])cc1C(=N)Cl. The van der Waals surface area contributed by atoms with E-state index in [4.69, 9.17) is 17.0 Å². The third-order valence-corrected chi connectivity index (χ3v) is 2.23. The normalized spacial score (nSPS) is 9.76. The molecule has 0 saturated heterocycles. The van der Waals surface area contributed by atoms with Gasteiger partial charge in [-0.3, -0.25) is 15.5 Å². The average molecular weight is 254 g/mol. The van der Waals surface area contributed by atoms with Crippen LogP contribution in [0.1, 0.15) is 12.5 Å². The molecule has 0 spiro atoms. The number of nitro groups is 1. The first-order valence-electron chi connectivity index (χ1n) is 4.83. The molecule has 1 aromatic rings. The number of nitrogens with one attached hydrogen (secondary N) is 2. The minimum atomic E-state index is -0.522. The van der Waals surface area contributed by atoms with Crippen molar-refractivity contribution in [2.24, 2.45) is 0 Å². The second-order valence-electron chi connectivity index (χ2n) is 3.61. The number of anilines is 1. The Kier molecular flexibility index (Phi) is 4.23. The van der Waals surface area contributed by atoms with Gasteiger partial charge in [-0.25, -0.2) is 0 Å². The summed E-state index contributed by atoms with van der Waals surface area (Å²) < 4.78 is 0. The van der Waals surface area contributed by atoms with Crippen molar-refractivity contribution < 1.29 is 4.92 Å². The van der Waals surface area contributed by atoms with E-state index in [1.165, 1.54) is 18.2 Å². The first-order valence-corrected chi connectivity index (χ1v) is 5.20. The largest absolute Gasteiger partial charge is 0.381 e. The molecule has 1 aromatic carbocycles. The minimum absolute atomic E-state index is 0.0914. The van der Waals surface area contributed by atoms with Crippen molar-refractivity contribution in [3.63, 3.8) is 0 Å². The van der Waals surface area contributed by atoms with E-state index in [0.29, 0.717) is 17.8 Å². The fourth-order valence-corrected chi connectivity index (χ4v) is 1.38. The molecule has 0 bridgehead atoms. The van der Waals surface area contributed by atoms with Gasteiger partial charge in [0, 0.05) is 29.9 Å². The van der Waals surface area contributed by atoms with Crippen LogP contribution in [0, 0.1) is 15.5 Å². The number of rotatable bonds is 5. The summed E-state index contributed by atoms with van der Waals surface area (Å²) in [6, 6.07) is 4.17. The molecule has 0 radical (unpaired) electrons. The van der Waals surface area contributed by atoms with Crippen LogP contribution in [-0.4, -0.2) is 16.6 Å². The molecule has 5 nitrogen and oxygen atoms in total. The average Bonchev–Trinajstić information content (AvgIpc) is 2.25. The van der Waals surface area contributed by atoms with Crippen LogP contribution in [0.2, 0.25) is 0 Å². The maximum atomic E-state index is 10.6. The Morgan fingerprint density at radius 1 is 1.65 bits per heavy atom. The van der Waals surface area contributed by atoms with Gasteiger partial charge in [-0.05, 0) is 13.0 Å². The van der Waals surface area contributed by atoms with Crippen LogP contribution in [0.3, 0.4) is 0 Å². The van der Waals surface area contributed by atoms with Crippen LogP contribution in [0.5, 0.6) is 0 Å². The third-order valence-electron chi connectivity index (χ3n) is 2.03. The molecule has 2 N–H and O–H groups in total. The van der Waals surface area contributed by atoms with E-state index in [1.807, 2.05) is 6.92 Å². The van der Waals surface area contributed by atoms with E-state index in [1.54, 1.807) is 0 Å². The minimum Gasteiger partial charge on any atom is -0.381 e. The predicted molar refractivity (Wildman–Crippen MR) is 69.1 cm³/mol. The van der Waals surface area contributed by atoms with Crippen LogP contribution >= 0.6 is 11.6 Å². The highest BCUT2D eigenvalue weighted by molar-refractivity contribution is 6.69. The lowest BCUT2D eigenvalue weighted by Gasteiger charge is -2.10. The molecule has 0 fully saturated rings. The molecule has 17 heavy (non-hydrogen) atoms. The first kappa shape index (κ1) is 13.2. The van der Waals surface area contributed by atoms with Crippen molar-refractivity contribution in [2.45, 2.75) is 6.92 Å². The summed E-state index contributed by atoms with van der Waals surface area (Å²) >= 11 is 5.60. The van der Waals surface area contributed by atoms with Crippen molar-refractivity contribution in [1.82, 2.24) is 0 Å². The van der Waals surface area contributed by atoms with Crippen LogP contribution < -0.4 is 5.32 Å². The molecular weight excluding hydrogens is 242 g/mol. The van der Waals surface area contributed by atoms with Crippen LogP contribution in [0.15, 0.2) is 30.4 Å². The van der Waals surface area contributed by atoms with Gasteiger partial charge < -0.3 is 5.32 Å². The lowest BCUT2D eigenvalue weighted by atomic mass is 10.1. The number of non-ortho nitro benzene ring substituents is 1. The van der Waals surface area contributed by atoms with E-state index in [-0.39, 0.29) is 10.9 Å². The predicted octanol–water partition coefficient (Wildman–Crippen LogP) is 3.15. The highest BCUT2D eigenvalue weighted by Crippen LogP contribution is 2.23. The van der Waals surface area contributed by atoms with Gasteiger partial charge in [-0.15, -0.1) is 0 Å².